The highest BCUT2D eigenvalue weighted by atomic mass is 16.5. The molecule has 1 fully saturated rings. The Morgan fingerprint density at radius 1 is 1.32 bits per heavy atom. The van der Waals surface area contributed by atoms with Gasteiger partial charge in [0.1, 0.15) is 11.9 Å². The lowest BCUT2D eigenvalue weighted by Crippen LogP contribution is -2.39. The minimum absolute atomic E-state index is 0.0174. The van der Waals surface area contributed by atoms with Gasteiger partial charge in [0.2, 0.25) is 5.88 Å². The summed E-state index contributed by atoms with van der Waals surface area (Å²) in [5.74, 6) is 0.799. The van der Waals surface area contributed by atoms with Crippen LogP contribution in [0.1, 0.15) is 60.1 Å². The Hall–Kier alpha value is -2.71. The largest absolute Gasteiger partial charge is 0.493 e. The summed E-state index contributed by atoms with van der Waals surface area (Å²) in [6, 6.07) is 3.67. The molecule has 1 aliphatic carbocycles. The van der Waals surface area contributed by atoms with Gasteiger partial charge in [0.15, 0.2) is 0 Å². The van der Waals surface area contributed by atoms with Gasteiger partial charge in [-0.05, 0) is 87.5 Å². The highest BCUT2D eigenvalue weighted by molar-refractivity contribution is 5.73. The van der Waals surface area contributed by atoms with E-state index < -0.39 is 12.0 Å². The van der Waals surface area contributed by atoms with Crippen LogP contribution in [0.25, 0.3) is 0 Å². The first-order valence-corrected chi connectivity index (χ1v) is 12.3. The van der Waals surface area contributed by atoms with Gasteiger partial charge < -0.3 is 25.6 Å². The number of hydrogen-bond acceptors (Lipinski definition) is 7. The zero-order valence-corrected chi connectivity index (χ0v) is 20.1. The molecule has 0 saturated heterocycles. The average Bonchev–Trinajstić information content (AvgIpc) is 2.80. The van der Waals surface area contributed by atoms with Crippen LogP contribution < -0.4 is 10.6 Å². The predicted molar refractivity (Wildman–Crippen MR) is 130 cm³/mol. The summed E-state index contributed by atoms with van der Waals surface area (Å²) in [5.41, 5.74) is 4.96. The molecule has 0 amide bonds. The van der Waals surface area contributed by atoms with E-state index in [2.05, 4.69) is 27.8 Å². The molecular formula is C26H36N4O4. The number of nitrogens with zero attached hydrogens (tertiary/aromatic N) is 2. The number of aryl methyl sites for hydroxylation is 3. The second-order valence-corrected chi connectivity index (χ2v) is 9.64. The SMILES string of the molecule is Cc1cnc(O)c(C)c1CN[C@H](CCOC1CC(CCc2ccc3c(n2)NCCC3)C1)C(=O)O. The predicted octanol–water partition coefficient (Wildman–Crippen LogP) is 3.52. The maximum atomic E-state index is 11.7. The first-order chi connectivity index (χ1) is 16.4. The molecule has 1 saturated carbocycles. The van der Waals surface area contributed by atoms with Crippen LogP contribution in [-0.2, 0) is 28.9 Å². The van der Waals surface area contributed by atoms with Crippen LogP contribution >= 0.6 is 0 Å². The number of ether oxygens (including phenoxy) is 1. The van der Waals surface area contributed by atoms with E-state index in [0.717, 1.165) is 61.3 Å². The Morgan fingerprint density at radius 3 is 2.94 bits per heavy atom. The smallest absolute Gasteiger partial charge is 0.320 e. The van der Waals surface area contributed by atoms with E-state index in [1.165, 1.54) is 12.0 Å². The number of pyridine rings is 2. The van der Waals surface area contributed by atoms with Gasteiger partial charge in [-0.25, -0.2) is 9.97 Å². The van der Waals surface area contributed by atoms with Crippen molar-refractivity contribution in [2.75, 3.05) is 18.5 Å². The van der Waals surface area contributed by atoms with Crippen LogP contribution in [0, 0.1) is 19.8 Å². The van der Waals surface area contributed by atoms with Crippen LogP contribution in [0.3, 0.4) is 0 Å². The van der Waals surface area contributed by atoms with Crippen molar-refractivity contribution < 1.29 is 19.7 Å². The van der Waals surface area contributed by atoms with Gasteiger partial charge >= 0.3 is 5.97 Å². The molecule has 0 unspecified atom stereocenters. The van der Waals surface area contributed by atoms with Gasteiger partial charge in [-0.2, -0.15) is 0 Å². The average molecular weight is 469 g/mol. The summed E-state index contributed by atoms with van der Waals surface area (Å²) in [6.45, 7) is 5.48. The van der Waals surface area contributed by atoms with Crippen LogP contribution in [0.4, 0.5) is 5.82 Å². The summed E-state index contributed by atoms with van der Waals surface area (Å²) in [7, 11) is 0. The fourth-order valence-electron chi connectivity index (χ4n) is 4.83. The van der Waals surface area contributed by atoms with Crippen molar-refractivity contribution in [3.05, 3.63) is 46.3 Å². The number of carboxylic acids is 1. The van der Waals surface area contributed by atoms with Crippen molar-refractivity contribution in [2.45, 2.75) is 77.5 Å². The molecule has 0 radical (unpaired) electrons. The summed E-state index contributed by atoms with van der Waals surface area (Å²) in [4.78, 5) is 20.4. The van der Waals surface area contributed by atoms with Gasteiger partial charge in [0, 0.05) is 37.2 Å². The normalized spacial score (nSPS) is 20.2. The van der Waals surface area contributed by atoms with Crippen molar-refractivity contribution in [1.82, 2.24) is 15.3 Å². The maximum Gasteiger partial charge on any atom is 0.320 e. The molecule has 1 aliphatic heterocycles. The van der Waals surface area contributed by atoms with E-state index in [9.17, 15) is 15.0 Å². The molecule has 1 atom stereocenters. The van der Waals surface area contributed by atoms with E-state index >= 15 is 0 Å². The van der Waals surface area contributed by atoms with Gasteiger partial charge in [-0.15, -0.1) is 0 Å². The molecule has 2 aliphatic rings. The monoisotopic (exact) mass is 468 g/mol. The second-order valence-electron chi connectivity index (χ2n) is 9.64. The first kappa shape index (κ1) is 24.4. The summed E-state index contributed by atoms with van der Waals surface area (Å²) >= 11 is 0. The third kappa shape index (κ3) is 6.04. The highest BCUT2D eigenvalue weighted by Crippen LogP contribution is 2.34. The van der Waals surface area contributed by atoms with Crippen LogP contribution in [-0.4, -0.2) is 51.4 Å². The molecule has 0 aromatic carbocycles. The van der Waals surface area contributed by atoms with Gasteiger partial charge in [-0.1, -0.05) is 6.07 Å². The molecule has 8 heteroatoms. The molecule has 184 valence electrons. The fraction of sp³-hybridized carbons (Fsp3) is 0.577. The van der Waals surface area contributed by atoms with Crippen LogP contribution in [0.15, 0.2) is 18.3 Å². The number of hydrogen-bond donors (Lipinski definition) is 4. The topological polar surface area (TPSA) is 117 Å². The van der Waals surface area contributed by atoms with E-state index in [0.29, 0.717) is 31.1 Å². The third-order valence-electron chi connectivity index (χ3n) is 7.18. The molecule has 4 rings (SSSR count). The first-order valence-electron chi connectivity index (χ1n) is 12.3. The Bertz CT molecular complexity index is 1010. The molecular weight excluding hydrogens is 432 g/mol. The van der Waals surface area contributed by atoms with Gasteiger partial charge in [0.25, 0.3) is 0 Å². The molecule has 4 N–H and O–H groups in total. The molecule has 8 nitrogen and oxygen atoms in total. The number of nitrogens with one attached hydrogen (secondary N) is 2. The number of aromatic nitrogens is 2. The lowest BCUT2D eigenvalue weighted by atomic mass is 9.79. The van der Waals surface area contributed by atoms with Gasteiger partial charge in [-0.3, -0.25) is 4.79 Å². The van der Waals surface area contributed by atoms with Crippen LogP contribution in [0.2, 0.25) is 0 Å². The Labute approximate surface area is 201 Å². The summed E-state index contributed by atoms with van der Waals surface area (Å²) in [6.07, 6.45) is 8.67. The Kier molecular flexibility index (Phi) is 8.00. The van der Waals surface area contributed by atoms with Crippen LogP contribution in [0.5, 0.6) is 5.88 Å². The minimum Gasteiger partial charge on any atom is -0.493 e. The van der Waals surface area contributed by atoms with Crippen molar-refractivity contribution in [2.24, 2.45) is 5.92 Å². The number of carbonyl (C=O) groups is 1. The number of anilines is 1. The van der Waals surface area contributed by atoms with Crippen molar-refractivity contribution in [3.8, 4) is 5.88 Å². The van der Waals surface area contributed by atoms with E-state index in [1.807, 2.05) is 6.92 Å². The number of aliphatic carboxylic acids is 1. The molecule has 34 heavy (non-hydrogen) atoms. The molecule has 3 heterocycles. The Balaban J connectivity index is 1.15. The summed E-state index contributed by atoms with van der Waals surface area (Å²) < 4.78 is 5.95. The minimum atomic E-state index is -0.893. The third-order valence-corrected chi connectivity index (χ3v) is 7.18. The highest BCUT2D eigenvalue weighted by Gasteiger charge is 2.30. The molecule has 0 bridgehead atoms. The molecule has 0 spiro atoms. The van der Waals surface area contributed by atoms with Gasteiger partial charge in [0.05, 0.1) is 6.10 Å². The second kappa shape index (κ2) is 11.1. The van der Waals surface area contributed by atoms with Crippen molar-refractivity contribution >= 4 is 11.8 Å². The molecule has 2 aromatic rings. The van der Waals surface area contributed by atoms with E-state index in [-0.39, 0.29) is 12.0 Å². The quantitative estimate of drug-likeness (QED) is 0.396. The van der Waals surface area contributed by atoms with E-state index in [1.54, 1.807) is 13.1 Å². The van der Waals surface area contributed by atoms with Crippen molar-refractivity contribution in [3.63, 3.8) is 0 Å². The number of fused-ring (bicyclic) bond motifs is 1. The lowest BCUT2D eigenvalue weighted by molar-refractivity contribution is -0.140. The zero-order valence-electron chi connectivity index (χ0n) is 20.1. The molecule has 2 aromatic heterocycles. The fourth-order valence-corrected chi connectivity index (χ4v) is 4.83. The van der Waals surface area contributed by atoms with E-state index in [4.69, 9.17) is 9.72 Å². The number of carboxylic acid groups (broad SMARTS) is 1. The zero-order chi connectivity index (χ0) is 24.1. The lowest BCUT2D eigenvalue weighted by Gasteiger charge is -2.35. The standard InChI is InChI=1S/C26H36N4O4/c1-16-14-29-25(31)17(2)22(16)15-28-23(26(32)33)9-11-34-21-12-18(13-21)5-7-20-8-6-19-4-3-10-27-24(19)30-20/h6,8,14,18,21,23,28H,3-5,7,9-13,15H2,1-2H3,(H,27,30)(H,29,31)(H,32,33)/t18?,21?,23-/m1/s1. The van der Waals surface area contributed by atoms with Crippen molar-refractivity contribution in [1.29, 1.82) is 0 Å². The summed E-state index contributed by atoms with van der Waals surface area (Å²) in [5, 5.41) is 25.9. The Morgan fingerprint density at radius 2 is 2.15 bits per heavy atom. The maximum absolute atomic E-state index is 11.7. The number of rotatable bonds is 11. The number of aromatic hydroxyl groups is 1.